The summed E-state index contributed by atoms with van der Waals surface area (Å²) in [7, 11) is 0. The van der Waals surface area contributed by atoms with Gasteiger partial charge >= 0.3 is 0 Å². The highest BCUT2D eigenvalue weighted by Gasteiger charge is 2.13. The average molecular weight is 392 g/mol. The summed E-state index contributed by atoms with van der Waals surface area (Å²) in [5.74, 6) is -0.238. The van der Waals surface area contributed by atoms with E-state index in [-0.39, 0.29) is 11.0 Å². The zero-order chi connectivity index (χ0) is 19.0. The molecule has 2 N–H and O–H groups in total. The van der Waals surface area contributed by atoms with E-state index in [4.69, 9.17) is 12.2 Å². The summed E-state index contributed by atoms with van der Waals surface area (Å²) in [4.78, 5) is 17.3. The van der Waals surface area contributed by atoms with Crippen LogP contribution in [-0.4, -0.2) is 16.0 Å². The Labute approximate surface area is 166 Å². The van der Waals surface area contributed by atoms with E-state index >= 15 is 0 Å². The predicted octanol–water partition coefficient (Wildman–Crippen LogP) is 5.19. The highest BCUT2D eigenvalue weighted by molar-refractivity contribution is 7.80. The molecule has 0 radical (unpaired) electrons. The van der Waals surface area contributed by atoms with Crippen LogP contribution < -0.4 is 10.6 Å². The highest BCUT2D eigenvalue weighted by atomic mass is 32.1. The molecule has 0 unspecified atom stereocenters. The number of nitrogens with zero attached hydrogens (tertiary/aromatic N) is 1. The molecule has 1 amide bonds. The maximum absolute atomic E-state index is 12.7. The Balaban J connectivity index is 1.54. The fraction of sp³-hybridized carbons (Fsp3) is 0.0952. The lowest BCUT2D eigenvalue weighted by molar-refractivity contribution is 0.0979. The molecule has 4 aromatic rings. The second-order valence-electron chi connectivity index (χ2n) is 6.38. The number of benzene rings is 3. The highest BCUT2D eigenvalue weighted by Crippen LogP contribution is 2.29. The number of thiazole rings is 1. The van der Waals surface area contributed by atoms with Gasteiger partial charge < -0.3 is 5.32 Å². The van der Waals surface area contributed by atoms with Gasteiger partial charge in [0.2, 0.25) is 0 Å². The lowest BCUT2D eigenvalue weighted by atomic mass is 10.0. The summed E-state index contributed by atoms with van der Waals surface area (Å²) in [6.45, 7) is 4.10. The van der Waals surface area contributed by atoms with Crippen LogP contribution in [0.1, 0.15) is 21.5 Å². The van der Waals surface area contributed by atoms with Gasteiger partial charge in [-0.05, 0) is 60.1 Å². The first-order valence-corrected chi connectivity index (χ1v) is 9.71. The lowest BCUT2D eigenvalue weighted by Crippen LogP contribution is -2.34. The van der Waals surface area contributed by atoms with Crippen molar-refractivity contribution in [3.05, 3.63) is 71.3 Å². The third kappa shape index (κ3) is 3.54. The summed E-state index contributed by atoms with van der Waals surface area (Å²) in [6.07, 6.45) is 0. The van der Waals surface area contributed by atoms with Crippen molar-refractivity contribution in [3.8, 4) is 0 Å². The van der Waals surface area contributed by atoms with E-state index in [0.717, 1.165) is 26.6 Å². The summed E-state index contributed by atoms with van der Waals surface area (Å²) in [5, 5.41) is 8.60. The largest absolute Gasteiger partial charge is 0.308 e. The zero-order valence-corrected chi connectivity index (χ0v) is 16.5. The van der Waals surface area contributed by atoms with Crippen LogP contribution in [0.25, 0.3) is 21.0 Å². The Morgan fingerprint density at radius 1 is 1.07 bits per heavy atom. The van der Waals surface area contributed by atoms with Gasteiger partial charge in [0.05, 0.1) is 10.2 Å². The maximum Gasteiger partial charge on any atom is 0.258 e. The van der Waals surface area contributed by atoms with Gasteiger partial charge in [-0.3, -0.25) is 10.1 Å². The van der Waals surface area contributed by atoms with Gasteiger partial charge in [-0.15, -0.1) is 0 Å². The van der Waals surface area contributed by atoms with E-state index in [9.17, 15) is 4.79 Å². The van der Waals surface area contributed by atoms with Crippen molar-refractivity contribution in [3.63, 3.8) is 0 Å². The van der Waals surface area contributed by atoms with Gasteiger partial charge in [0.25, 0.3) is 5.91 Å². The molecule has 0 aliphatic carbocycles. The third-order valence-electron chi connectivity index (χ3n) is 4.31. The van der Waals surface area contributed by atoms with E-state index < -0.39 is 0 Å². The quantitative estimate of drug-likeness (QED) is 0.462. The van der Waals surface area contributed by atoms with E-state index in [1.165, 1.54) is 16.9 Å². The monoisotopic (exact) mass is 391 g/mol. The second-order valence-corrected chi connectivity index (χ2v) is 7.82. The summed E-state index contributed by atoms with van der Waals surface area (Å²) < 4.78 is 1.10. The van der Waals surface area contributed by atoms with Crippen molar-refractivity contribution in [2.45, 2.75) is 13.8 Å². The molecule has 0 bridgehead atoms. The first-order valence-electron chi connectivity index (χ1n) is 8.49. The third-order valence-corrected chi connectivity index (χ3v) is 5.43. The predicted molar refractivity (Wildman–Crippen MR) is 117 cm³/mol. The Morgan fingerprint density at radius 3 is 2.70 bits per heavy atom. The van der Waals surface area contributed by atoms with Gasteiger partial charge in [-0.2, -0.15) is 0 Å². The van der Waals surface area contributed by atoms with Crippen LogP contribution in [0.5, 0.6) is 0 Å². The van der Waals surface area contributed by atoms with Crippen LogP contribution in [0.2, 0.25) is 0 Å². The molecule has 6 heteroatoms. The molecule has 0 fully saturated rings. The molecule has 0 spiro atoms. The van der Waals surface area contributed by atoms with Crippen LogP contribution in [0, 0.1) is 13.8 Å². The number of hydrogen-bond acceptors (Lipinski definition) is 4. The average Bonchev–Trinajstić information content (AvgIpc) is 3.03. The molecule has 0 atom stereocenters. The van der Waals surface area contributed by atoms with Gasteiger partial charge in [-0.25, -0.2) is 4.98 Å². The smallest absolute Gasteiger partial charge is 0.258 e. The van der Waals surface area contributed by atoms with Crippen molar-refractivity contribution >= 4 is 60.7 Å². The minimum atomic E-state index is -0.238. The number of nitrogens with one attached hydrogen (secondary N) is 2. The van der Waals surface area contributed by atoms with E-state index in [1.807, 2.05) is 43.3 Å². The number of hydrogen-bond donors (Lipinski definition) is 2. The Hall–Kier alpha value is -2.83. The second kappa shape index (κ2) is 7.06. The molecule has 1 aromatic heterocycles. The molecule has 0 aliphatic heterocycles. The minimum Gasteiger partial charge on any atom is -0.308 e. The van der Waals surface area contributed by atoms with Crippen molar-refractivity contribution < 1.29 is 4.79 Å². The van der Waals surface area contributed by atoms with Gasteiger partial charge in [0, 0.05) is 5.56 Å². The van der Waals surface area contributed by atoms with Crippen molar-refractivity contribution in [2.24, 2.45) is 0 Å². The summed E-state index contributed by atoms with van der Waals surface area (Å²) >= 11 is 6.84. The normalized spacial score (nSPS) is 10.9. The Bertz CT molecular complexity index is 1190. The summed E-state index contributed by atoms with van der Waals surface area (Å²) in [5.41, 5.74) is 3.87. The number of amides is 1. The van der Waals surface area contributed by atoms with Crippen molar-refractivity contribution in [1.82, 2.24) is 10.3 Å². The standard InChI is InChI=1S/C21H17N3OS2/c1-12-10-13(2)18-17(11-12)27-21(22-18)24-20(26)23-19(25)16-9-5-7-14-6-3-4-8-15(14)16/h3-11H,1-2H3,(H2,22,23,24,25,26). The minimum absolute atomic E-state index is 0.237. The molecule has 1 heterocycles. The van der Waals surface area contributed by atoms with E-state index in [2.05, 4.69) is 34.7 Å². The molecule has 0 aliphatic rings. The fourth-order valence-corrected chi connectivity index (χ4v) is 4.45. The van der Waals surface area contributed by atoms with Crippen LogP contribution in [0.4, 0.5) is 5.13 Å². The lowest BCUT2D eigenvalue weighted by Gasteiger charge is -2.09. The Kier molecular flexibility index (Phi) is 4.59. The number of carbonyl (C=O) groups excluding carboxylic acids is 1. The van der Waals surface area contributed by atoms with Crippen LogP contribution in [0.3, 0.4) is 0 Å². The molecular weight excluding hydrogens is 374 g/mol. The summed E-state index contributed by atoms with van der Waals surface area (Å²) in [6, 6.07) is 17.6. The van der Waals surface area contributed by atoms with Gasteiger partial charge in [0.1, 0.15) is 0 Å². The van der Waals surface area contributed by atoms with Crippen molar-refractivity contribution in [2.75, 3.05) is 5.32 Å². The molecule has 27 heavy (non-hydrogen) atoms. The number of aromatic nitrogens is 1. The van der Waals surface area contributed by atoms with Crippen molar-refractivity contribution in [1.29, 1.82) is 0 Å². The number of aryl methyl sites for hydroxylation is 2. The van der Waals surface area contributed by atoms with E-state index in [1.54, 1.807) is 6.07 Å². The van der Waals surface area contributed by atoms with Gasteiger partial charge in [0.15, 0.2) is 10.2 Å². The van der Waals surface area contributed by atoms with E-state index in [0.29, 0.717) is 10.7 Å². The molecule has 4 nitrogen and oxygen atoms in total. The number of carbonyl (C=O) groups is 1. The Morgan fingerprint density at radius 2 is 1.85 bits per heavy atom. The van der Waals surface area contributed by atoms with Crippen LogP contribution >= 0.6 is 23.6 Å². The zero-order valence-electron chi connectivity index (χ0n) is 14.9. The molecule has 0 saturated carbocycles. The topological polar surface area (TPSA) is 54.0 Å². The molecule has 134 valence electrons. The number of thiocarbonyl (C=S) groups is 1. The molecule has 4 rings (SSSR count). The SMILES string of the molecule is Cc1cc(C)c2nc(NC(=S)NC(=O)c3cccc4ccccc34)sc2c1. The number of fused-ring (bicyclic) bond motifs is 2. The molecule has 3 aromatic carbocycles. The first kappa shape index (κ1) is 17.6. The van der Waals surface area contributed by atoms with Gasteiger partial charge in [-0.1, -0.05) is 53.8 Å². The van der Waals surface area contributed by atoms with Crippen LogP contribution in [0.15, 0.2) is 54.6 Å². The molecule has 0 saturated heterocycles. The first-order chi connectivity index (χ1) is 13.0. The number of rotatable bonds is 2. The maximum atomic E-state index is 12.7. The number of anilines is 1. The molecular formula is C21H17N3OS2. The van der Waals surface area contributed by atoms with Crippen LogP contribution in [-0.2, 0) is 0 Å². The fourth-order valence-electron chi connectivity index (χ4n) is 3.15.